The van der Waals surface area contributed by atoms with Gasteiger partial charge in [-0.05, 0) is 35.4 Å². The summed E-state index contributed by atoms with van der Waals surface area (Å²) in [4.78, 5) is 25.1. The number of carbonyl (C=O) groups is 2. The van der Waals surface area contributed by atoms with Crippen molar-refractivity contribution in [1.29, 1.82) is 0 Å². The molecule has 0 aliphatic rings. The van der Waals surface area contributed by atoms with Crippen molar-refractivity contribution in [2.45, 2.75) is 25.4 Å². The van der Waals surface area contributed by atoms with Crippen LogP contribution in [0.15, 0.2) is 77.4 Å². The van der Waals surface area contributed by atoms with Crippen LogP contribution in [0.25, 0.3) is 0 Å². The standard InChI is InChI=1S/C22H21FN2O3/c23-18-10-8-17(9-11-18)14-21(26)25-20(13-16-5-2-1-3-6-16)22(27)24-15-19-7-4-12-28-19/h1-12,20H,13-15H2,(H,24,27)(H,25,26)/t20-/m0/s1. The quantitative estimate of drug-likeness (QED) is 0.631. The van der Waals surface area contributed by atoms with Crippen LogP contribution in [0, 0.1) is 5.82 Å². The Kier molecular flexibility index (Phi) is 6.57. The fraction of sp³-hybridized carbons (Fsp3) is 0.182. The van der Waals surface area contributed by atoms with Crippen LogP contribution in [0.2, 0.25) is 0 Å². The van der Waals surface area contributed by atoms with E-state index in [2.05, 4.69) is 10.6 Å². The van der Waals surface area contributed by atoms with Crippen molar-refractivity contribution >= 4 is 11.8 Å². The zero-order valence-electron chi connectivity index (χ0n) is 15.2. The monoisotopic (exact) mass is 380 g/mol. The smallest absolute Gasteiger partial charge is 0.243 e. The Morgan fingerprint density at radius 1 is 0.929 bits per heavy atom. The minimum absolute atomic E-state index is 0.0665. The van der Waals surface area contributed by atoms with Gasteiger partial charge in [-0.1, -0.05) is 42.5 Å². The van der Waals surface area contributed by atoms with E-state index in [1.165, 1.54) is 18.4 Å². The number of amides is 2. The zero-order valence-corrected chi connectivity index (χ0v) is 15.2. The molecule has 0 aliphatic heterocycles. The minimum atomic E-state index is -0.731. The summed E-state index contributed by atoms with van der Waals surface area (Å²) in [6, 6.07) is 18.0. The Labute approximate surface area is 162 Å². The van der Waals surface area contributed by atoms with Crippen LogP contribution in [0.1, 0.15) is 16.9 Å². The SMILES string of the molecule is O=C(Cc1ccc(F)cc1)N[C@@H](Cc1ccccc1)C(=O)NCc1ccco1. The molecule has 2 N–H and O–H groups in total. The fourth-order valence-electron chi connectivity index (χ4n) is 2.80. The van der Waals surface area contributed by atoms with Gasteiger partial charge in [0.05, 0.1) is 19.2 Å². The number of benzene rings is 2. The zero-order chi connectivity index (χ0) is 19.8. The molecular formula is C22H21FN2O3. The summed E-state index contributed by atoms with van der Waals surface area (Å²) in [5, 5.41) is 5.57. The largest absolute Gasteiger partial charge is 0.467 e. The van der Waals surface area contributed by atoms with Crippen molar-refractivity contribution in [3.63, 3.8) is 0 Å². The summed E-state index contributed by atoms with van der Waals surface area (Å²) in [7, 11) is 0. The fourth-order valence-corrected chi connectivity index (χ4v) is 2.80. The van der Waals surface area contributed by atoms with E-state index < -0.39 is 6.04 Å². The molecule has 28 heavy (non-hydrogen) atoms. The summed E-state index contributed by atoms with van der Waals surface area (Å²) in [6.07, 6.45) is 1.96. The number of hydrogen-bond acceptors (Lipinski definition) is 3. The number of furan rings is 1. The van der Waals surface area contributed by atoms with Gasteiger partial charge in [0.25, 0.3) is 0 Å². The number of rotatable bonds is 8. The summed E-state index contributed by atoms with van der Waals surface area (Å²) >= 11 is 0. The lowest BCUT2D eigenvalue weighted by Gasteiger charge is -2.18. The van der Waals surface area contributed by atoms with Gasteiger partial charge >= 0.3 is 0 Å². The van der Waals surface area contributed by atoms with Gasteiger partial charge in [-0.2, -0.15) is 0 Å². The molecule has 0 unspecified atom stereocenters. The maximum absolute atomic E-state index is 13.0. The van der Waals surface area contributed by atoms with Crippen molar-refractivity contribution in [3.8, 4) is 0 Å². The lowest BCUT2D eigenvalue weighted by atomic mass is 10.0. The third-order valence-corrected chi connectivity index (χ3v) is 4.23. The van der Waals surface area contributed by atoms with E-state index in [0.29, 0.717) is 17.7 Å². The van der Waals surface area contributed by atoms with Gasteiger partial charge in [0.1, 0.15) is 17.6 Å². The van der Waals surface area contributed by atoms with Gasteiger partial charge in [-0.3, -0.25) is 9.59 Å². The highest BCUT2D eigenvalue weighted by Gasteiger charge is 2.21. The molecule has 3 rings (SSSR count). The first-order valence-corrected chi connectivity index (χ1v) is 8.98. The summed E-state index contributed by atoms with van der Waals surface area (Å²) in [5.74, 6) is -0.332. The molecule has 1 heterocycles. The maximum Gasteiger partial charge on any atom is 0.243 e. The van der Waals surface area contributed by atoms with Crippen LogP contribution in [-0.4, -0.2) is 17.9 Å². The van der Waals surface area contributed by atoms with Crippen LogP contribution in [0.5, 0.6) is 0 Å². The third kappa shape index (κ3) is 5.81. The van der Waals surface area contributed by atoms with Crippen LogP contribution in [0.4, 0.5) is 4.39 Å². The summed E-state index contributed by atoms with van der Waals surface area (Å²) < 4.78 is 18.2. The molecule has 6 heteroatoms. The molecular weight excluding hydrogens is 359 g/mol. The molecule has 5 nitrogen and oxygen atoms in total. The predicted molar refractivity (Wildman–Crippen MR) is 103 cm³/mol. The average molecular weight is 380 g/mol. The van der Waals surface area contributed by atoms with E-state index in [1.54, 1.807) is 24.3 Å². The highest BCUT2D eigenvalue weighted by atomic mass is 19.1. The molecule has 3 aromatic rings. The Morgan fingerprint density at radius 2 is 1.68 bits per heavy atom. The van der Waals surface area contributed by atoms with E-state index in [4.69, 9.17) is 4.42 Å². The molecule has 0 fully saturated rings. The number of carbonyl (C=O) groups excluding carboxylic acids is 2. The van der Waals surface area contributed by atoms with Gasteiger partial charge in [0, 0.05) is 6.42 Å². The van der Waals surface area contributed by atoms with Gasteiger partial charge < -0.3 is 15.1 Å². The lowest BCUT2D eigenvalue weighted by molar-refractivity contribution is -0.128. The molecule has 2 aromatic carbocycles. The van der Waals surface area contributed by atoms with E-state index in [0.717, 1.165) is 5.56 Å². The van der Waals surface area contributed by atoms with Gasteiger partial charge in [-0.25, -0.2) is 4.39 Å². The van der Waals surface area contributed by atoms with Gasteiger partial charge in [-0.15, -0.1) is 0 Å². The lowest BCUT2D eigenvalue weighted by Crippen LogP contribution is -2.48. The second-order valence-corrected chi connectivity index (χ2v) is 6.41. The van der Waals surface area contributed by atoms with E-state index in [1.807, 2.05) is 30.3 Å². The van der Waals surface area contributed by atoms with E-state index in [-0.39, 0.29) is 30.6 Å². The minimum Gasteiger partial charge on any atom is -0.467 e. The van der Waals surface area contributed by atoms with Crippen LogP contribution < -0.4 is 10.6 Å². The number of nitrogens with one attached hydrogen (secondary N) is 2. The molecule has 1 aromatic heterocycles. The van der Waals surface area contributed by atoms with Crippen LogP contribution in [-0.2, 0) is 29.0 Å². The first-order chi connectivity index (χ1) is 13.6. The predicted octanol–water partition coefficient (Wildman–Crippen LogP) is 3.01. The van der Waals surface area contributed by atoms with E-state index >= 15 is 0 Å². The van der Waals surface area contributed by atoms with Crippen molar-refractivity contribution in [2.24, 2.45) is 0 Å². The first kappa shape index (κ1) is 19.4. The molecule has 0 saturated heterocycles. The van der Waals surface area contributed by atoms with Crippen molar-refractivity contribution < 1.29 is 18.4 Å². The molecule has 2 amide bonds. The molecule has 0 radical (unpaired) electrons. The normalized spacial score (nSPS) is 11.6. The molecule has 0 bridgehead atoms. The van der Waals surface area contributed by atoms with Crippen molar-refractivity contribution in [2.75, 3.05) is 0 Å². The Bertz CT molecular complexity index is 893. The summed E-state index contributed by atoms with van der Waals surface area (Å²) in [5.41, 5.74) is 1.61. The second-order valence-electron chi connectivity index (χ2n) is 6.41. The topological polar surface area (TPSA) is 71.3 Å². The van der Waals surface area contributed by atoms with Gasteiger partial charge in [0.2, 0.25) is 11.8 Å². The van der Waals surface area contributed by atoms with Crippen molar-refractivity contribution in [3.05, 3.63) is 95.7 Å². The van der Waals surface area contributed by atoms with Crippen LogP contribution in [0.3, 0.4) is 0 Å². The molecule has 144 valence electrons. The Morgan fingerprint density at radius 3 is 2.36 bits per heavy atom. The second kappa shape index (κ2) is 9.50. The molecule has 0 saturated carbocycles. The third-order valence-electron chi connectivity index (χ3n) is 4.23. The van der Waals surface area contributed by atoms with Crippen LogP contribution >= 0.6 is 0 Å². The Hall–Kier alpha value is -3.41. The molecule has 0 spiro atoms. The summed E-state index contributed by atoms with van der Waals surface area (Å²) in [6.45, 7) is 0.241. The first-order valence-electron chi connectivity index (χ1n) is 8.98. The molecule has 1 atom stereocenters. The number of halogens is 1. The average Bonchev–Trinajstić information content (AvgIpc) is 3.22. The highest BCUT2D eigenvalue weighted by molar-refractivity contribution is 5.88. The van der Waals surface area contributed by atoms with E-state index in [9.17, 15) is 14.0 Å². The maximum atomic E-state index is 13.0. The number of hydrogen-bond donors (Lipinski definition) is 2. The van der Waals surface area contributed by atoms with Crippen molar-refractivity contribution in [1.82, 2.24) is 10.6 Å². The Balaban J connectivity index is 1.64. The van der Waals surface area contributed by atoms with Gasteiger partial charge in [0.15, 0.2) is 0 Å². The highest BCUT2D eigenvalue weighted by Crippen LogP contribution is 2.07. The molecule has 0 aliphatic carbocycles.